The molecule has 0 amide bonds. The first-order valence-electron chi connectivity index (χ1n) is 11.2. The topological polar surface area (TPSA) is 102 Å². The molecule has 2 N–H and O–H groups in total. The summed E-state index contributed by atoms with van der Waals surface area (Å²) in [5.41, 5.74) is 3.44. The quantitative estimate of drug-likeness (QED) is 0.460. The van der Waals surface area contributed by atoms with Crippen molar-refractivity contribution in [2.45, 2.75) is 63.9 Å². The van der Waals surface area contributed by atoms with Gasteiger partial charge in [-0.3, -0.25) is 0 Å². The van der Waals surface area contributed by atoms with Gasteiger partial charge in [0.1, 0.15) is 17.2 Å². The van der Waals surface area contributed by atoms with Crippen LogP contribution in [0.3, 0.4) is 0 Å². The Morgan fingerprint density at radius 2 is 2.09 bits per heavy atom. The van der Waals surface area contributed by atoms with Crippen molar-refractivity contribution in [2.24, 2.45) is 0 Å². The Morgan fingerprint density at radius 3 is 2.82 bits per heavy atom. The van der Waals surface area contributed by atoms with Crippen LogP contribution in [0.2, 0.25) is 0 Å². The van der Waals surface area contributed by atoms with Gasteiger partial charge >= 0.3 is 0 Å². The number of methoxy groups -OCH3 is 1. The molecule has 1 aromatic carbocycles. The number of aliphatic hydroxyl groups is 1. The van der Waals surface area contributed by atoms with Crippen LogP contribution in [-0.2, 0) is 6.54 Å². The second-order valence-electron chi connectivity index (χ2n) is 9.14. The first-order chi connectivity index (χ1) is 15.8. The Balaban J connectivity index is 1.49. The zero-order valence-corrected chi connectivity index (χ0v) is 19.0. The summed E-state index contributed by atoms with van der Waals surface area (Å²) < 4.78 is 22.5. The number of benzene rings is 1. The molecule has 1 fully saturated rings. The molecule has 0 bridgehead atoms. The number of halogens is 1. The molecule has 1 aliphatic carbocycles. The fraction of sp³-hybridized carbons (Fsp3) is 0.478. The van der Waals surface area contributed by atoms with Crippen LogP contribution in [-0.4, -0.2) is 59.6 Å². The van der Waals surface area contributed by atoms with Crippen LogP contribution in [0.15, 0.2) is 30.5 Å². The molecule has 174 valence electrons. The third-order valence-electron chi connectivity index (χ3n) is 6.32. The predicted octanol–water partition coefficient (Wildman–Crippen LogP) is 3.61. The Bertz CT molecular complexity index is 1290. The van der Waals surface area contributed by atoms with Gasteiger partial charge in [0.25, 0.3) is 0 Å². The standard InChI is InChI=1S/C23H28FN7O2/c1-14(24)13-31-19-12-15(4-5-18(19)27-29-31)17-8-11-30-20(17)21(33-3)26-22(28-30)25-16-6-9-23(2,32)10-7-16/h4-5,8,11-12,14,16,32H,6-7,9-10,13H2,1-3H3,(H,25,28)/t14-,16?,23?/m0/s1. The lowest BCUT2D eigenvalue weighted by atomic mass is 9.84. The van der Waals surface area contributed by atoms with Gasteiger partial charge in [0.2, 0.25) is 11.8 Å². The third-order valence-corrected chi connectivity index (χ3v) is 6.32. The van der Waals surface area contributed by atoms with Gasteiger partial charge in [0, 0.05) is 17.8 Å². The van der Waals surface area contributed by atoms with E-state index in [2.05, 4.69) is 25.7 Å². The molecule has 0 radical (unpaired) electrons. The lowest BCUT2D eigenvalue weighted by molar-refractivity contribution is 0.0195. The smallest absolute Gasteiger partial charge is 0.244 e. The van der Waals surface area contributed by atoms with Crippen molar-refractivity contribution in [1.29, 1.82) is 0 Å². The summed E-state index contributed by atoms with van der Waals surface area (Å²) in [5, 5.41) is 26.4. The van der Waals surface area contributed by atoms with E-state index in [0.29, 0.717) is 17.3 Å². The fourth-order valence-electron chi connectivity index (χ4n) is 4.50. The molecule has 0 aliphatic heterocycles. The summed E-state index contributed by atoms with van der Waals surface area (Å²) in [7, 11) is 1.59. The monoisotopic (exact) mass is 453 g/mol. The van der Waals surface area contributed by atoms with E-state index in [0.717, 1.165) is 47.8 Å². The van der Waals surface area contributed by atoms with Crippen molar-refractivity contribution in [3.05, 3.63) is 30.5 Å². The van der Waals surface area contributed by atoms with Crippen LogP contribution in [0.25, 0.3) is 27.7 Å². The molecule has 9 nitrogen and oxygen atoms in total. The average Bonchev–Trinajstić information content (AvgIpc) is 3.38. The van der Waals surface area contributed by atoms with Gasteiger partial charge in [-0.15, -0.1) is 10.2 Å². The Labute approximate surface area is 190 Å². The number of rotatable bonds is 6. The summed E-state index contributed by atoms with van der Waals surface area (Å²) >= 11 is 0. The molecule has 10 heteroatoms. The van der Waals surface area contributed by atoms with Crippen molar-refractivity contribution < 1.29 is 14.2 Å². The highest BCUT2D eigenvalue weighted by Gasteiger charge is 2.29. The molecule has 3 heterocycles. The molecule has 5 rings (SSSR count). The molecule has 1 saturated carbocycles. The zero-order valence-electron chi connectivity index (χ0n) is 19.0. The number of fused-ring (bicyclic) bond motifs is 2. The van der Waals surface area contributed by atoms with Crippen LogP contribution < -0.4 is 10.1 Å². The highest BCUT2D eigenvalue weighted by atomic mass is 19.1. The highest BCUT2D eigenvalue weighted by molar-refractivity contribution is 5.89. The van der Waals surface area contributed by atoms with E-state index in [1.807, 2.05) is 37.4 Å². The maximum absolute atomic E-state index is 13.6. The van der Waals surface area contributed by atoms with Crippen LogP contribution in [0.4, 0.5) is 10.3 Å². The molecule has 0 unspecified atom stereocenters. The molecule has 4 aromatic rings. The molecule has 0 saturated heterocycles. The summed E-state index contributed by atoms with van der Waals surface area (Å²) in [6.07, 6.45) is 4.04. The maximum atomic E-state index is 13.6. The summed E-state index contributed by atoms with van der Waals surface area (Å²) in [5.74, 6) is 0.946. The van der Waals surface area contributed by atoms with Crippen LogP contribution in [0, 0.1) is 0 Å². The van der Waals surface area contributed by atoms with Gasteiger partial charge in [0.15, 0.2) is 0 Å². The van der Waals surface area contributed by atoms with Gasteiger partial charge in [-0.2, -0.15) is 4.98 Å². The number of aromatic nitrogens is 6. The van der Waals surface area contributed by atoms with Crippen LogP contribution in [0.5, 0.6) is 5.88 Å². The molecular formula is C23H28FN7O2. The largest absolute Gasteiger partial charge is 0.479 e. The fourth-order valence-corrected chi connectivity index (χ4v) is 4.50. The Kier molecular flexibility index (Phi) is 5.40. The van der Waals surface area contributed by atoms with Crippen LogP contribution in [0.1, 0.15) is 39.5 Å². The molecule has 3 aromatic heterocycles. The minimum atomic E-state index is -1.02. The molecular weight excluding hydrogens is 425 g/mol. The van der Waals surface area contributed by atoms with E-state index in [4.69, 9.17) is 4.74 Å². The number of alkyl halides is 1. The predicted molar refractivity (Wildman–Crippen MR) is 123 cm³/mol. The highest BCUT2D eigenvalue weighted by Crippen LogP contribution is 2.34. The molecule has 1 atom stereocenters. The molecule has 0 spiro atoms. The lowest BCUT2D eigenvalue weighted by Gasteiger charge is -2.33. The second kappa shape index (κ2) is 8.26. The maximum Gasteiger partial charge on any atom is 0.244 e. The van der Waals surface area contributed by atoms with Gasteiger partial charge in [0.05, 0.1) is 24.8 Å². The third kappa shape index (κ3) is 4.22. The SMILES string of the molecule is COc1nc(NC2CCC(C)(O)CC2)nn2ccc(-c3ccc4nnn(C[C@H](C)F)c4c3)c12. The minimum Gasteiger partial charge on any atom is -0.479 e. The minimum absolute atomic E-state index is 0.147. The van der Waals surface area contributed by atoms with Crippen molar-refractivity contribution in [3.8, 4) is 17.0 Å². The summed E-state index contributed by atoms with van der Waals surface area (Å²) in [4.78, 5) is 4.61. The first kappa shape index (κ1) is 21.6. The van der Waals surface area contributed by atoms with Crippen molar-refractivity contribution in [2.75, 3.05) is 12.4 Å². The summed E-state index contributed by atoms with van der Waals surface area (Å²) in [6, 6.07) is 7.94. The number of ether oxygens (including phenoxy) is 1. The van der Waals surface area contributed by atoms with Crippen molar-refractivity contribution in [1.82, 2.24) is 29.6 Å². The number of nitrogens with one attached hydrogen (secondary N) is 1. The van der Waals surface area contributed by atoms with Gasteiger partial charge in [-0.1, -0.05) is 11.3 Å². The van der Waals surface area contributed by atoms with Gasteiger partial charge in [-0.25, -0.2) is 13.6 Å². The molecule has 1 aliphatic rings. The first-order valence-corrected chi connectivity index (χ1v) is 11.2. The number of hydrogen-bond donors (Lipinski definition) is 2. The van der Waals surface area contributed by atoms with E-state index in [1.54, 1.807) is 16.3 Å². The van der Waals surface area contributed by atoms with Crippen molar-refractivity contribution >= 4 is 22.5 Å². The normalized spacial score (nSPS) is 22.0. The number of nitrogens with zero attached hydrogens (tertiary/aromatic N) is 6. The Morgan fingerprint density at radius 1 is 1.30 bits per heavy atom. The van der Waals surface area contributed by atoms with E-state index in [1.165, 1.54) is 6.92 Å². The summed E-state index contributed by atoms with van der Waals surface area (Å²) in [6.45, 7) is 3.53. The van der Waals surface area contributed by atoms with E-state index in [-0.39, 0.29) is 12.6 Å². The zero-order chi connectivity index (χ0) is 23.2. The second-order valence-corrected chi connectivity index (χ2v) is 9.14. The van der Waals surface area contributed by atoms with Crippen LogP contribution >= 0.6 is 0 Å². The van der Waals surface area contributed by atoms with Crippen molar-refractivity contribution in [3.63, 3.8) is 0 Å². The van der Waals surface area contributed by atoms with E-state index >= 15 is 0 Å². The van der Waals surface area contributed by atoms with E-state index in [9.17, 15) is 9.50 Å². The van der Waals surface area contributed by atoms with E-state index < -0.39 is 11.8 Å². The lowest BCUT2D eigenvalue weighted by Crippen LogP contribution is -2.36. The average molecular weight is 454 g/mol. The van der Waals surface area contributed by atoms with Gasteiger partial charge < -0.3 is 15.2 Å². The Hall–Kier alpha value is -3.27. The molecule has 33 heavy (non-hydrogen) atoms. The van der Waals surface area contributed by atoms with Gasteiger partial charge in [-0.05, 0) is 63.3 Å². The number of hydrogen-bond acceptors (Lipinski definition) is 7. The number of anilines is 1.